The molecule has 1 aromatic heterocycles. The van der Waals surface area contributed by atoms with Crippen molar-refractivity contribution in [3.8, 4) is 0 Å². The number of nitrogens with two attached hydrogens (primary N) is 1. The first-order valence-electron chi connectivity index (χ1n) is 5.25. The zero-order valence-corrected chi connectivity index (χ0v) is 9.31. The first kappa shape index (κ1) is 10.4. The van der Waals surface area contributed by atoms with E-state index in [2.05, 4.69) is 17.0 Å². The Bertz CT molecular complexity index is 336. The first-order valence-corrected chi connectivity index (χ1v) is 5.25. The summed E-state index contributed by atoms with van der Waals surface area (Å²) in [7, 11) is 2.10. The smallest absolute Gasteiger partial charge is 0.122 e. The molecule has 5 heteroatoms. The van der Waals surface area contributed by atoms with Crippen molar-refractivity contribution in [1.82, 2.24) is 14.7 Å². The largest absolute Gasteiger partial charge is 0.384 e. The Morgan fingerprint density at radius 1 is 1.67 bits per heavy atom. The topological polar surface area (TPSA) is 56.3 Å². The highest BCUT2D eigenvalue weighted by Gasteiger charge is 2.19. The van der Waals surface area contributed by atoms with Crippen LogP contribution in [0.3, 0.4) is 0 Å². The van der Waals surface area contributed by atoms with Crippen LogP contribution in [0, 0.1) is 6.92 Å². The predicted molar refractivity (Wildman–Crippen MR) is 58.6 cm³/mol. The SMILES string of the molecule is Cc1cc(N)n(CC2CN(C)CCO2)n1. The summed E-state index contributed by atoms with van der Waals surface area (Å²) in [6.07, 6.45) is 0.199. The molecule has 15 heavy (non-hydrogen) atoms. The average Bonchev–Trinajstić information content (AvgIpc) is 2.45. The Morgan fingerprint density at radius 2 is 2.47 bits per heavy atom. The Kier molecular flexibility index (Phi) is 2.93. The number of morpholine rings is 1. The molecule has 0 spiro atoms. The third-order valence-electron chi connectivity index (χ3n) is 2.65. The highest BCUT2D eigenvalue weighted by Crippen LogP contribution is 2.10. The number of likely N-dealkylation sites (N-methyl/N-ethyl adjacent to an activating group) is 1. The van der Waals surface area contributed by atoms with Gasteiger partial charge in [-0.3, -0.25) is 0 Å². The molecule has 0 amide bonds. The van der Waals surface area contributed by atoms with Gasteiger partial charge < -0.3 is 15.4 Å². The van der Waals surface area contributed by atoms with Gasteiger partial charge >= 0.3 is 0 Å². The molecule has 2 N–H and O–H groups in total. The van der Waals surface area contributed by atoms with Crippen molar-refractivity contribution in [2.75, 3.05) is 32.5 Å². The van der Waals surface area contributed by atoms with E-state index in [1.165, 1.54) is 0 Å². The summed E-state index contributed by atoms with van der Waals surface area (Å²) in [4.78, 5) is 2.26. The molecule has 1 unspecified atom stereocenters. The summed E-state index contributed by atoms with van der Waals surface area (Å²) in [5, 5.41) is 4.32. The molecule has 5 nitrogen and oxygen atoms in total. The van der Waals surface area contributed by atoms with Crippen LogP contribution < -0.4 is 5.73 Å². The molecule has 1 atom stereocenters. The van der Waals surface area contributed by atoms with E-state index in [4.69, 9.17) is 10.5 Å². The molecule has 0 radical (unpaired) electrons. The molecule has 1 saturated heterocycles. The minimum atomic E-state index is 0.199. The Balaban J connectivity index is 1.99. The van der Waals surface area contributed by atoms with E-state index in [0.29, 0.717) is 5.82 Å². The van der Waals surface area contributed by atoms with E-state index in [1.807, 2.05) is 17.7 Å². The second-order valence-electron chi connectivity index (χ2n) is 4.15. The number of anilines is 1. The highest BCUT2D eigenvalue weighted by molar-refractivity contribution is 5.30. The van der Waals surface area contributed by atoms with Gasteiger partial charge in [-0.2, -0.15) is 5.10 Å². The zero-order chi connectivity index (χ0) is 10.8. The van der Waals surface area contributed by atoms with Gasteiger partial charge in [0.05, 0.1) is 24.9 Å². The van der Waals surface area contributed by atoms with Gasteiger partial charge in [-0.1, -0.05) is 0 Å². The molecule has 0 saturated carbocycles. The Labute approximate surface area is 89.8 Å². The third kappa shape index (κ3) is 2.49. The summed E-state index contributed by atoms with van der Waals surface area (Å²) < 4.78 is 7.48. The third-order valence-corrected chi connectivity index (χ3v) is 2.65. The van der Waals surface area contributed by atoms with E-state index in [0.717, 1.165) is 31.9 Å². The van der Waals surface area contributed by atoms with Gasteiger partial charge in [0.2, 0.25) is 0 Å². The normalized spacial score (nSPS) is 23.2. The van der Waals surface area contributed by atoms with Crippen molar-refractivity contribution in [2.45, 2.75) is 19.6 Å². The van der Waals surface area contributed by atoms with E-state index < -0.39 is 0 Å². The molecular formula is C10H18N4O. The summed E-state index contributed by atoms with van der Waals surface area (Å²) in [6.45, 7) is 5.43. The summed E-state index contributed by atoms with van der Waals surface area (Å²) >= 11 is 0. The van der Waals surface area contributed by atoms with Gasteiger partial charge in [0.1, 0.15) is 5.82 Å². The molecule has 2 heterocycles. The maximum atomic E-state index is 5.82. The lowest BCUT2D eigenvalue weighted by atomic mass is 10.3. The molecule has 1 aliphatic heterocycles. The van der Waals surface area contributed by atoms with Crippen molar-refractivity contribution < 1.29 is 4.74 Å². The first-order chi connectivity index (χ1) is 7.15. The maximum Gasteiger partial charge on any atom is 0.122 e. The lowest BCUT2D eigenvalue weighted by Crippen LogP contribution is -2.42. The molecule has 1 fully saturated rings. The van der Waals surface area contributed by atoms with E-state index in [-0.39, 0.29) is 6.10 Å². The van der Waals surface area contributed by atoms with E-state index in [1.54, 1.807) is 0 Å². The molecule has 1 aromatic rings. The van der Waals surface area contributed by atoms with Crippen LogP contribution in [0.15, 0.2) is 6.07 Å². The number of hydrogen-bond acceptors (Lipinski definition) is 4. The van der Waals surface area contributed by atoms with Gasteiger partial charge in [-0.05, 0) is 14.0 Å². The van der Waals surface area contributed by atoms with Crippen LogP contribution in [0.2, 0.25) is 0 Å². The van der Waals surface area contributed by atoms with Gasteiger partial charge in [-0.15, -0.1) is 0 Å². The summed E-state index contributed by atoms with van der Waals surface area (Å²) in [5.41, 5.74) is 6.78. The van der Waals surface area contributed by atoms with Crippen LogP contribution in [0.1, 0.15) is 5.69 Å². The minimum absolute atomic E-state index is 0.199. The van der Waals surface area contributed by atoms with Gasteiger partial charge in [-0.25, -0.2) is 4.68 Å². The van der Waals surface area contributed by atoms with E-state index in [9.17, 15) is 0 Å². The Hall–Kier alpha value is -1.07. The van der Waals surface area contributed by atoms with Crippen LogP contribution in [-0.2, 0) is 11.3 Å². The van der Waals surface area contributed by atoms with Crippen molar-refractivity contribution in [3.05, 3.63) is 11.8 Å². The lowest BCUT2D eigenvalue weighted by molar-refractivity contribution is -0.0287. The molecular weight excluding hydrogens is 192 g/mol. The van der Waals surface area contributed by atoms with Crippen LogP contribution in [0.4, 0.5) is 5.82 Å². The summed E-state index contributed by atoms with van der Waals surface area (Å²) in [6, 6.07) is 1.88. The number of aryl methyl sites for hydroxylation is 1. The molecule has 0 aromatic carbocycles. The number of ether oxygens (including phenoxy) is 1. The number of rotatable bonds is 2. The molecule has 0 aliphatic carbocycles. The fourth-order valence-electron chi connectivity index (χ4n) is 1.88. The van der Waals surface area contributed by atoms with Gasteiger partial charge in [0.25, 0.3) is 0 Å². The van der Waals surface area contributed by atoms with Crippen molar-refractivity contribution in [1.29, 1.82) is 0 Å². The molecule has 1 aliphatic rings. The van der Waals surface area contributed by atoms with Crippen molar-refractivity contribution in [2.24, 2.45) is 0 Å². The quantitative estimate of drug-likeness (QED) is 0.752. The van der Waals surface area contributed by atoms with Crippen molar-refractivity contribution >= 4 is 5.82 Å². The fourth-order valence-corrected chi connectivity index (χ4v) is 1.88. The molecule has 0 bridgehead atoms. The number of aromatic nitrogens is 2. The zero-order valence-electron chi connectivity index (χ0n) is 9.31. The number of nitrogens with zero attached hydrogens (tertiary/aromatic N) is 3. The second kappa shape index (κ2) is 4.20. The second-order valence-corrected chi connectivity index (χ2v) is 4.15. The molecule has 2 rings (SSSR count). The van der Waals surface area contributed by atoms with Crippen LogP contribution in [0.5, 0.6) is 0 Å². The maximum absolute atomic E-state index is 5.82. The highest BCUT2D eigenvalue weighted by atomic mass is 16.5. The monoisotopic (exact) mass is 210 g/mol. The Morgan fingerprint density at radius 3 is 3.07 bits per heavy atom. The standard InChI is InChI=1S/C10H18N4O/c1-8-5-10(11)14(12-8)7-9-6-13(2)3-4-15-9/h5,9H,3-4,6-7,11H2,1-2H3. The minimum Gasteiger partial charge on any atom is -0.384 e. The van der Waals surface area contributed by atoms with Crippen LogP contribution in [0.25, 0.3) is 0 Å². The van der Waals surface area contributed by atoms with Gasteiger partial charge in [0, 0.05) is 19.2 Å². The molecule has 84 valence electrons. The number of hydrogen-bond donors (Lipinski definition) is 1. The van der Waals surface area contributed by atoms with Crippen molar-refractivity contribution in [3.63, 3.8) is 0 Å². The fraction of sp³-hybridized carbons (Fsp3) is 0.700. The van der Waals surface area contributed by atoms with Gasteiger partial charge in [0.15, 0.2) is 0 Å². The van der Waals surface area contributed by atoms with E-state index >= 15 is 0 Å². The number of nitrogen functional groups attached to an aromatic ring is 1. The van der Waals surface area contributed by atoms with Crippen LogP contribution in [-0.4, -0.2) is 47.5 Å². The predicted octanol–water partition coefficient (Wildman–Crippen LogP) is 0.104. The average molecular weight is 210 g/mol. The van der Waals surface area contributed by atoms with Crippen LogP contribution >= 0.6 is 0 Å². The lowest BCUT2D eigenvalue weighted by Gasteiger charge is -2.30. The summed E-state index contributed by atoms with van der Waals surface area (Å²) in [5.74, 6) is 0.712.